The van der Waals surface area contributed by atoms with E-state index in [2.05, 4.69) is 5.32 Å². The van der Waals surface area contributed by atoms with Gasteiger partial charge in [0, 0.05) is 17.7 Å². The largest absolute Gasteiger partial charge is 0.326 e. The number of Topliss-reactive ketones (excluding diaryl/α,β-unsaturated/α-hetero) is 1. The molecule has 0 saturated heterocycles. The highest BCUT2D eigenvalue weighted by Crippen LogP contribution is 2.29. The van der Waals surface area contributed by atoms with Crippen LogP contribution in [0.25, 0.3) is 0 Å². The van der Waals surface area contributed by atoms with Gasteiger partial charge in [-0.25, -0.2) is 0 Å². The Balaban J connectivity index is 1.63. The zero-order valence-electron chi connectivity index (χ0n) is 11.1. The molecule has 3 heteroatoms. The van der Waals surface area contributed by atoms with Gasteiger partial charge in [0.2, 0.25) is 5.91 Å². The smallest absolute Gasteiger partial charge is 0.228 e. The molecule has 0 unspecified atom stereocenters. The van der Waals surface area contributed by atoms with Crippen molar-refractivity contribution < 1.29 is 9.59 Å². The van der Waals surface area contributed by atoms with E-state index in [1.165, 1.54) is 25.7 Å². The number of carbonyl (C=O) groups excluding carboxylic acids is 2. The van der Waals surface area contributed by atoms with Crippen molar-refractivity contribution in [2.45, 2.75) is 44.9 Å². The van der Waals surface area contributed by atoms with Gasteiger partial charge in [-0.15, -0.1) is 0 Å². The van der Waals surface area contributed by atoms with Gasteiger partial charge in [-0.2, -0.15) is 0 Å². The molecule has 0 spiro atoms. The van der Waals surface area contributed by atoms with Crippen LogP contribution in [0.3, 0.4) is 0 Å². The van der Waals surface area contributed by atoms with Crippen LogP contribution < -0.4 is 5.32 Å². The summed E-state index contributed by atoms with van der Waals surface area (Å²) < 4.78 is 0. The Morgan fingerprint density at radius 1 is 1.26 bits per heavy atom. The van der Waals surface area contributed by atoms with Crippen LogP contribution in [0.2, 0.25) is 0 Å². The molecular weight excluding hydrogens is 238 g/mol. The molecule has 1 saturated carbocycles. The summed E-state index contributed by atoms with van der Waals surface area (Å²) in [5, 5.41) is 2.79. The van der Waals surface area contributed by atoms with Gasteiger partial charge in [0.05, 0.1) is 6.42 Å². The Hall–Kier alpha value is -1.64. The van der Waals surface area contributed by atoms with Crippen LogP contribution in [0.15, 0.2) is 18.2 Å². The number of carbonyl (C=O) groups is 2. The maximum Gasteiger partial charge on any atom is 0.228 e. The second kappa shape index (κ2) is 5.16. The van der Waals surface area contributed by atoms with E-state index in [9.17, 15) is 9.59 Å². The van der Waals surface area contributed by atoms with Gasteiger partial charge in [0.25, 0.3) is 0 Å². The number of amides is 1. The Labute approximate surface area is 113 Å². The van der Waals surface area contributed by atoms with E-state index in [1.54, 1.807) is 0 Å². The second-order valence-electron chi connectivity index (χ2n) is 5.71. The highest BCUT2D eigenvalue weighted by atomic mass is 16.1. The summed E-state index contributed by atoms with van der Waals surface area (Å²) in [6, 6.07) is 5.56. The zero-order valence-corrected chi connectivity index (χ0v) is 11.1. The molecule has 3 rings (SSSR count). The highest BCUT2D eigenvalue weighted by molar-refractivity contribution is 6.02. The summed E-state index contributed by atoms with van der Waals surface area (Å²) in [6.45, 7) is 0. The predicted octanol–water partition coefficient (Wildman–Crippen LogP) is 3.33. The summed E-state index contributed by atoms with van der Waals surface area (Å²) in [5.41, 5.74) is 2.57. The van der Waals surface area contributed by atoms with E-state index in [-0.39, 0.29) is 11.7 Å². The van der Waals surface area contributed by atoms with Gasteiger partial charge in [0.15, 0.2) is 5.78 Å². The van der Waals surface area contributed by atoms with Crippen LogP contribution in [0.4, 0.5) is 5.69 Å². The van der Waals surface area contributed by atoms with Crippen molar-refractivity contribution in [3.8, 4) is 0 Å². The lowest BCUT2D eigenvalue weighted by Crippen LogP contribution is -2.03. The third kappa shape index (κ3) is 2.70. The fraction of sp³-hybridized carbons (Fsp3) is 0.500. The van der Waals surface area contributed by atoms with Crippen molar-refractivity contribution in [3.05, 3.63) is 29.3 Å². The maximum atomic E-state index is 12.2. The molecule has 0 atom stereocenters. The number of hydrogen-bond donors (Lipinski definition) is 1. The minimum atomic E-state index is 0.0190. The molecule has 1 amide bonds. The molecule has 1 aromatic rings. The molecule has 1 aliphatic carbocycles. The standard InChI is InChI=1S/C16H19NO2/c18-15(8-5-11-3-1-2-4-11)12-6-7-14-13(9-12)10-16(19)17-14/h6-7,9,11H,1-5,8,10H2,(H,17,19). The Bertz CT molecular complexity index is 515. The molecule has 3 nitrogen and oxygen atoms in total. The van der Waals surface area contributed by atoms with Gasteiger partial charge < -0.3 is 5.32 Å². The van der Waals surface area contributed by atoms with E-state index in [4.69, 9.17) is 0 Å². The van der Waals surface area contributed by atoms with Crippen molar-refractivity contribution in [1.29, 1.82) is 0 Å². The molecule has 0 bridgehead atoms. The van der Waals surface area contributed by atoms with Gasteiger partial charge in [0.1, 0.15) is 0 Å². The average Bonchev–Trinajstić information content (AvgIpc) is 3.02. The van der Waals surface area contributed by atoms with E-state index in [1.807, 2.05) is 18.2 Å². The van der Waals surface area contributed by atoms with Crippen molar-refractivity contribution >= 4 is 17.4 Å². The average molecular weight is 257 g/mol. The van der Waals surface area contributed by atoms with Crippen LogP contribution in [0.5, 0.6) is 0 Å². The Morgan fingerprint density at radius 3 is 2.84 bits per heavy atom. The van der Waals surface area contributed by atoms with Gasteiger partial charge >= 0.3 is 0 Å². The molecular formula is C16H19NO2. The summed E-state index contributed by atoms with van der Waals surface area (Å²) >= 11 is 0. The fourth-order valence-electron chi connectivity index (χ4n) is 3.18. The van der Waals surface area contributed by atoms with Gasteiger partial charge in [-0.1, -0.05) is 25.7 Å². The van der Waals surface area contributed by atoms with Crippen LogP contribution in [0.1, 0.15) is 54.4 Å². The number of rotatable bonds is 4. The molecule has 0 radical (unpaired) electrons. The number of ketones is 1. The molecule has 0 aromatic heterocycles. The summed E-state index contributed by atoms with van der Waals surface area (Å²) in [4.78, 5) is 23.5. The number of hydrogen-bond acceptors (Lipinski definition) is 2. The van der Waals surface area contributed by atoms with Crippen molar-refractivity contribution in [2.24, 2.45) is 5.92 Å². The zero-order chi connectivity index (χ0) is 13.2. The monoisotopic (exact) mass is 257 g/mol. The van der Waals surface area contributed by atoms with E-state index in [0.717, 1.165) is 29.2 Å². The molecule has 100 valence electrons. The lowest BCUT2D eigenvalue weighted by molar-refractivity contribution is -0.115. The Kier molecular flexibility index (Phi) is 3.36. The summed E-state index contributed by atoms with van der Waals surface area (Å²) in [5.74, 6) is 0.987. The first kappa shape index (κ1) is 12.4. The Morgan fingerprint density at radius 2 is 2.05 bits per heavy atom. The SMILES string of the molecule is O=C1Cc2cc(C(=O)CCC3CCCC3)ccc2N1. The number of anilines is 1. The van der Waals surface area contributed by atoms with Gasteiger partial charge in [-0.05, 0) is 36.1 Å². The van der Waals surface area contributed by atoms with Crippen LogP contribution >= 0.6 is 0 Å². The van der Waals surface area contributed by atoms with E-state index >= 15 is 0 Å². The normalized spacial score (nSPS) is 18.4. The second-order valence-corrected chi connectivity index (χ2v) is 5.71. The topological polar surface area (TPSA) is 46.2 Å². The minimum absolute atomic E-state index is 0.0190. The van der Waals surface area contributed by atoms with Crippen LogP contribution in [0, 0.1) is 5.92 Å². The van der Waals surface area contributed by atoms with Crippen LogP contribution in [-0.2, 0) is 11.2 Å². The number of fused-ring (bicyclic) bond motifs is 1. The number of benzene rings is 1. The first-order valence-electron chi connectivity index (χ1n) is 7.18. The number of nitrogens with one attached hydrogen (secondary N) is 1. The third-order valence-electron chi connectivity index (χ3n) is 4.31. The third-order valence-corrected chi connectivity index (χ3v) is 4.31. The fourth-order valence-corrected chi connectivity index (χ4v) is 3.18. The molecule has 1 aromatic carbocycles. The molecule has 1 fully saturated rings. The molecule has 1 N–H and O–H groups in total. The lowest BCUT2D eigenvalue weighted by atomic mass is 9.96. The summed E-state index contributed by atoms with van der Waals surface area (Å²) in [6.07, 6.45) is 7.29. The van der Waals surface area contributed by atoms with Gasteiger partial charge in [-0.3, -0.25) is 9.59 Å². The molecule has 1 aliphatic heterocycles. The quantitative estimate of drug-likeness (QED) is 0.841. The minimum Gasteiger partial charge on any atom is -0.326 e. The molecule has 19 heavy (non-hydrogen) atoms. The first-order chi connectivity index (χ1) is 9.22. The van der Waals surface area contributed by atoms with E-state index in [0.29, 0.717) is 12.8 Å². The summed E-state index contributed by atoms with van der Waals surface area (Å²) in [7, 11) is 0. The molecule has 1 heterocycles. The predicted molar refractivity (Wildman–Crippen MR) is 74.3 cm³/mol. The van der Waals surface area contributed by atoms with Crippen molar-refractivity contribution in [3.63, 3.8) is 0 Å². The van der Waals surface area contributed by atoms with Crippen molar-refractivity contribution in [2.75, 3.05) is 5.32 Å². The maximum absolute atomic E-state index is 12.2. The van der Waals surface area contributed by atoms with E-state index < -0.39 is 0 Å². The van der Waals surface area contributed by atoms with Crippen LogP contribution in [-0.4, -0.2) is 11.7 Å². The first-order valence-corrected chi connectivity index (χ1v) is 7.18. The lowest BCUT2D eigenvalue weighted by Gasteiger charge is -2.08. The molecule has 2 aliphatic rings. The van der Waals surface area contributed by atoms with Crippen molar-refractivity contribution in [1.82, 2.24) is 0 Å². The highest BCUT2D eigenvalue weighted by Gasteiger charge is 2.20.